The van der Waals surface area contributed by atoms with Crippen LogP contribution in [0.15, 0.2) is 0 Å². The Balaban J connectivity index is 2.63. The number of nitrogens with one attached hydrogen (secondary N) is 1. The Kier molecular flexibility index (Phi) is 2.00. The molecule has 3 N–H and O–H groups in total. The summed E-state index contributed by atoms with van der Waals surface area (Å²) in [6.07, 6.45) is 0. The number of sulfonamides is 1. The maximum atomic E-state index is 10.5. The molecule has 1 heterocycles. The Hall–Kier alpha value is 0.220. The Bertz CT molecular complexity index is 182. The van der Waals surface area contributed by atoms with Crippen LogP contribution in [0.25, 0.3) is 0 Å². The van der Waals surface area contributed by atoms with Gasteiger partial charge in [-0.3, -0.25) is 5.32 Å². The van der Waals surface area contributed by atoms with E-state index in [9.17, 15) is 8.42 Å². The van der Waals surface area contributed by atoms with Gasteiger partial charge in [0.25, 0.3) is 0 Å². The first-order chi connectivity index (χ1) is 4.11. The van der Waals surface area contributed by atoms with Crippen LogP contribution >= 0.6 is 11.8 Å². The molecular weight excluding hydrogens is 160 g/mol. The maximum Gasteiger partial charge on any atom is 0.234 e. The summed E-state index contributed by atoms with van der Waals surface area (Å²) in [5.74, 6) is 0.821. The van der Waals surface area contributed by atoms with Crippen LogP contribution in [0.4, 0.5) is 0 Å². The molecule has 0 amide bonds. The largest absolute Gasteiger partial charge is 0.291 e. The molecule has 0 aromatic carbocycles. The minimum atomic E-state index is -3.35. The van der Waals surface area contributed by atoms with E-state index < -0.39 is 14.7 Å². The van der Waals surface area contributed by atoms with E-state index in [2.05, 4.69) is 5.32 Å². The van der Waals surface area contributed by atoms with Crippen molar-refractivity contribution in [2.45, 2.75) is 4.71 Å². The number of hydrogen-bond acceptors (Lipinski definition) is 4. The van der Waals surface area contributed by atoms with Crippen molar-refractivity contribution in [2.75, 3.05) is 12.3 Å². The standard InChI is InChI=1S/C3H8N2O2S2/c4-9(6,7)3-5-1-2-8-3/h3,5H,1-2H2,(H2,4,6,7). The number of primary sulfonamides is 1. The minimum absolute atomic E-state index is 0.572. The van der Waals surface area contributed by atoms with Gasteiger partial charge < -0.3 is 0 Å². The van der Waals surface area contributed by atoms with E-state index in [-0.39, 0.29) is 0 Å². The summed E-state index contributed by atoms with van der Waals surface area (Å²) in [5, 5.41) is 7.58. The molecule has 0 aromatic rings. The zero-order valence-corrected chi connectivity index (χ0v) is 6.33. The second-order valence-corrected chi connectivity index (χ2v) is 4.91. The highest BCUT2D eigenvalue weighted by atomic mass is 32.3. The van der Waals surface area contributed by atoms with Gasteiger partial charge in [0, 0.05) is 12.3 Å². The van der Waals surface area contributed by atoms with Gasteiger partial charge in [0.2, 0.25) is 10.0 Å². The van der Waals surface area contributed by atoms with E-state index in [0.717, 1.165) is 12.3 Å². The summed E-state index contributed by atoms with van der Waals surface area (Å²) in [6.45, 7) is 0.728. The molecule has 1 saturated heterocycles. The van der Waals surface area contributed by atoms with Crippen molar-refractivity contribution in [3.63, 3.8) is 0 Å². The summed E-state index contributed by atoms with van der Waals surface area (Å²) in [4.78, 5) is 0. The molecule has 6 heteroatoms. The van der Waals surface area contributed by atoms with Gasteiger partial charge in [-0.2, -0.15) is 0 Å². The Morgan fingerprint density at radius 3 is 2.56 bits per heavy atom. The number of rotatable bonds is 1. The van der Waals surface area contributed by atoms with Gasteiger partial charge in [0.15, 0.2) is 4.71 Å². The summed E-state index contributed by atoms with van der Waals surface area (Å²) in [6, 6.07) is 0. The van der Waals surface area contributed by atoms with Crippen LogP contribution in [0.3, 0.4) is 0 Å². The highest BCUT2D eigenvalue weighted by Gasteiger charge is 2.24. The second-order valence-electron chi connectivity index (χ2n) is 1.75. The molecule has 0 aliphatic carbocycles. The van der Waals surface area contributed by atoms with E-state index in [1.165, 1.54) is 11.8 Å². The first kappa shape index (κ1) is 7.33. The van der Waals surface area contributed by atoms with Crippen LogP contribution < -0.4 is 10.5 Å². The highest BCUT2D eigenvalue weighted by molar-refractivity contribution is 8.12. The molecule has 9 heavy (non-hydrogen) atoms. The summed E-state index contributed by atoms with van der Waals surface area (Å²) in [5.41, 5.74) is 0. The van der Waals surface area contributed by atoms with Crippen LogP contribution in [-0.4, -0.2) is 25.4 Å². The Labute approximate surface area is 58.2 Å². The molecule has 54 valence electrons. The van der Waals surface area contributed by atoms with Crippen molar-refractivity contribution < 1.29 is 8.42 Å². The van der Waals surface area contributed by atoms with Crippen molar-refractivity contribution in [1.82, 2.24) is 5.32 Å². The molecule has 1 fully saturated rings. The van der Waals surface area contributed by atoms with E-state index in [0.29, 0.717) is 0 Å². The van der Waals surface area contributed by atoms with Crippen molar-refractivity contribution in [2.24, 2.45) is 5.14 Å². The zero-order valence-electron chi connectivity index (χ0n) is 4.70. The first-order valence-corrected chi connectivity index (χ1v) is 5.13. The highest BCUT2D eigenvalue weighted by Crippen LogP contribution is 2.16. The smallest absolute Gasteiger partial charge is 0.234 e. The summed E-state index contributed by atoms with van der Waals surface area (Å²) in [7, 11) is -3.35. The second kappa shape index (κ2) is 2.45. The number of thioether (sulfide) groups is 1. The van der Waals surface area contributed by atoms with Crippen molar-refractivity contribution in [3.05, 3.63) is 0 Å². The average Bonchev–Trinajstić information content (AvgIpc) is 2.08. The SMILES string of the molecule is NS(=O)(=O)C1NCCS1. The predicted molar refractivity (Wildman–Crippen MR) is 37.4 cm³/mol. The quantitative estimate of drug-likeness (QED) is 0.521. The summed E-state index contributed by atoms with van der Waals surface area (Å²) < 4.78 is 20.5. The minimum Gasteiger partial charge on any atom is -0.291 e. The summed E-state index contributed by atoms with van der Waals surface area (Å²) >= 11 is 1.33. The van der Waals surface area contributed by atoms with Gasteiger partial charge in [-0.05, 0) is 0 Å². The molecule has 0 radical (unpaired) electrons. The normalized spacial score (nSPS) is 28.8. The lowest BCUT2D eigenvalue weighted by Crippen LogP contribution is -2.34. The molecule has 1 rings (SSSR count). The van der Waals surface area contributed by atoms with Crippen molar-refractivity contribution in [1.29, 1.82) is 0 Å². The maximum absolute atomic E-state index is 10.5. The van der Waals surface area contributed by atoms with Crippen molar-refractivity contribution in [3.8, 4) is 0 Å². The molecule has 1 aliphatic rings. The van der Waals surface area contributed by atoms with E-state index in [1.54, 1.807) is 0 Å². The first-order valence-electron chi connectivity index (χ1n) is 2.47. The van der Waals surface area contributed by atoms with Crippen LogP contribution in [0.2, 0.25) is 0 Å². The van der Waals surface area contributed by atoms with E-state index in [1.807, 2.05) is 0 Å². The molecule has 1 atom stereocenters. The monoisotopic (exact) mass is 168 g/mol. The molecule has 0 bridgehead atoms. The van der Waals surface area contributed by atoms with Crippen LogP contribution in [0, 0.1) is 0 Å². The van der Waals surface area contributed by atoms with Gasteiger partial charge in [-0.15, -0.1) is 11.8 Å². The Morgan fingerprint density at radius 1 is 1.67 bits per heavy atom. The third-order valence-electron chi connectivity index (χ3n) is 0.981. The van der Waals surface area contributed by atoms with Gasteiger partial charge in [0.1, 0.15) is 0 Å². The third kappa shape index (κ3) is 1.82. The predicted octanol–water partition coefficient (Wildman–Crippen LogP) is -1.11. The fraction of sp³-hybridized carbons (Fsp3) is 1.00. The average molecular weight is 168 g/mol. The zero-order chi connectivity index (χ0) is 6.91. The van der Waals surface area contributed by atoms with Crippen LogP contribution in [0.1, 0.15) is 0 Å². The topological polar surface area (TPSA) is 72.2 Å². The lowest BCUT2D eigenvalue weighted by atomic mass is 10.8. The molecule has 1 aliphatic heterocycles. The molecule has 4 nitrogen and oxygen atoms in total. The number of hydrogen-bond donors (Lipinski definition) is 2. The van der Waals surface area contributed by atoms with Crippen LogP contribution in [0.5, 0.6) is 0 Å². The molecule has 0 aromatic heterocycles. The molecular formula is C3H8N2O2S2. The molecule has 1 unspecified atom stereocenters. The lowest BCUT2D eigenvalue weighted by Gasteiger charge is -2.03. The molecule has 0 saturated carbocycles. The van der Waals surface area contributed by atoms with E-state index >= 15 is 0 Å². The lowest BCUT2D eigenvalue weighted by molar-refractivity contribution is 0.588. The van der Waals surface area contributed by atoms with Gasteiger partial charge in [0.05, 0.1) is 0 Å². The van der Waals surface area contributed by atoms with Gasteiger partial charge in [-0.1, -0.05) is 0 Å². The fourth-order valence-corrected chi connectivity index (χ4v) is 2.70. The van der Waals surface area contributed by atoms with Crippen molar-refractivity contribution >= 4 is 21.8 Å². The van der Waals surface area contributed by atoms with E-state index in [4.69, 9.17) is 5.14 Å². The fourth-order valence-electron chi connectivity index (χ4n) is 0.613. The third-order valence-corrected chi connectivity index (χ3v) is 3.87. The number of nitrogens with two attached hydrogens (primary N) is 1. The van der Waals surface area contributed by atoms with Crippen LogP contribution in [-0.2, 0) is 10.0 Å². The molecule has 0 spiro atoms. The van der Waals surface area contributed by atoms with Gasteiger partial charge in [-0.25, -0.2) is 13.6 Å². The van der Waals surface area contributed by atoms with Gasteiger partial charge >= 0.3 is 0 Å². The Morgan fingerprint density at radius 2 is 2.33 bits per heavy atom.